The van der Waals surface area contributed by atoms with Crippen molar-refractivity contribution < 1.29 is 23.9 Å². The number of amides is 2. The lowest BCUT2D eigenvalue weighted by atomic mass is 9.98. The van der Waals surface area contributed by atoms with Crippen LogP contribution in [0, 0.1) is 11.8 Å². The number of alkyl carbamates (subject to hydrolysis) is 1. The van der Waals surface area contributed by atoms with Crippen molar-refractivity contribution in [1.82, 2.24) is 10.2 Å². The van der Waals surface area contributed by atoms with Crippen molar-refractivity contribution in [1.29, 1.82) is 0 Å². The van der Waals surface area contributed by atoms with Gasteiger partial charge in [0.1, 0.15) is 17.7 Å². The number of nitrogens with one attached hydrogen (secondary N) is 1. The molecule has 1 unspecified atom stereocenters. The zero-order valence-corrected chi connectivity index (χ0v) is 16.3. The van der Waals surface area contributed by atoms with Gasteiger partial charge < -0.3 is 19.7 Å². The van der Waals surface area contributed by atoms with Gasteiger partial charge in [0.05, 0.1) is 7.11 Å². The minimum absolute atomic E-state index is 0.124. The highest BCUT2D eigenvalue weighted by molar-refractivity contribution is 5.89. The van der Waals surface area contributed by atoms with Crippen LogP contribution in [0.25, 0.3) is 0 Å². The Balaban J connectivity index is 5.27. The largest absolute Gasteiger partial charge is 0.467 e. The summed E-state index contributed by atoms with van der Waals surface area (Å²) in [6.07, 6.45) is -0.665. The molecule has 0 aromatic carbocycles. The molecule has 0 spiro atoms. The molecule has 0 bridgehead atoms. The van der Waals surface area contributed by atoms with Crippen molar-refractivity contribution >= 4 is 18.0 Å². The second-order valence-electron chi connectivity index (χ2n) is 7.53. The van der Waals surface area contributed by atoms with Gasteiger partial charge in [-0.25, -0.2) is 9.59 Å². The molecule has 0 fully saturated rings. The summed E-state index contributed by atoms with van der Waals surface area (Å²) in [7, 11) is 2.82. The van der Waals surface area contributed by atoms with Crippen molar-refractivity contribution in [3.8, 4) is 0 Å². The minimum atomic E-state index is -0.796. The summed E-state index contributed by atoms with van der Waals surface area (Å²) in [6, 6.07) is -1.51. The van der Waals surface area contributed by atoms with Crippen LogP contribution in [0.5, 0.6) is 0 Å². The Morgan fingerprint density at radius 3 is 1.83 bits per heavy atom. The fourth-order valence-electron chi connectivity index (χ4n) is 2.30. The normalized spacial score (nSPS) is 14.1. The van der Waals surface area contributed by atoms with E-state index in [4.69, 9.17) is 9.47 Å². The van der Waals surface area contributed by atoms with E-state index >= 15 is 0 Å². The van der Waals surface area contributed by atoms with Crippen LogP contribution in [0.2, 0.25) is 0 Å². The zero-order chi connectivity index (χ0) is 19.2. The van der Waals surface area contributed by atoms with E-state index in [-0.39, 0.29) is 17.7 Å². The van der Waals surface area contributed by atoms with Gasteiger partial charge in [0.25, 0.3) is 0 Å². The number of hydrogen-bond acceptors (Lipinski definition) is 5. The van der Waals surface area contributed by atoms with Gasteiger partial charge in [-0.3, -0.25) is 4.79 Å². The van der Waals surface area contributed by atoms with Gasteiger partial charge in [-0.15, -0.1) is 0 Å². The molecule has 1 N–H and O–H groups in total. The molecule has 2 atom stereocenters. The van der Waals surface area contributed by atoms with Crippen LogP contribution in [0.1, 0.15) is 48.5 Å². The third kappa shape index (κ3) is 6.76. The number of methoxy groups -OCH3 is 1. The number of ether oxygens (including phenoxy) is 2. The Morgan fingerprint density at radius 1 is 1.00 bits per heavy atom. The van der Waals surface area contributed by atoms with Crippen molar-refractivity contribution in [2.24, 2.45) is 11.8 Å². The topological polar surface area (TPSA) is 84.9 Å². The predicted molar refractivity (Wildman–Crippen MR) is 91.4 cm³/mol. The molecule has 140 valence electrons. The highest BCUT2D eigenvalue weighted by Gasteiger charge is 2.36. The summed E-state index contributed by atoms with van der Waals surface area (Å²) >= 11 is 0. The molecule has 0 rings (SSSR count). The standard InChI is InChI=1S/C17H32N2O5/c1-10(2)12(18-16(22)24-17(5,6)7)14(20)19(8)13(11(3)4)15(21)23-9/h10-13H,1-9H3,(H,18,22)/t12?,13-/m0/s1. The van der Waals surface area contributed by atoms with Crippen LogP contribution in [0.4, 0.5) is 4.79 Å². The second kappa shape index (κ2) is 8.89. The van der Waals surface area contributed by atoms with E-state index in [0.29, 0.717) is 0 Å². The molecule has 0 aromatic heterocycles. The molecular formula is C17H32N2O5. The number of likely N-dealkylation sites (N-methyl/N-ethyl adjacent to an activating group) is 1. The quantitative estimate of drug-likeness (QED) is 0.747. The Morgan fingerprint density at radius 2 is 1.50 bits per heavy atom. The first-order chi connectivity index (χ1) is 10.8. The lowest BCUT2D eigenvalue weighted by Crippen LogP contribution is -2.56. The van der Waals surface area contributed by atoms with Gasteiger partial charge in [0.2, 0.25) is 5.91 Å². The maximum Gasteiger partial charge on any atom is 0.408 e. The van der Waals surface area contributed by atoms with Crippen LogP contribution in [-0.4, -0.2) is 54.7 Å². The number of esters is 1. The summed E-state index contributed by atoms with van der Waals surface area (Å²) in [5, 5.41) is 2.60. The van der Waals surface area contributed by atoms with Gasteiger partial charge in [-0.05, 0) is 32.6 Å². The number of hydrogen-bond donors (Lipinski definition) is 1. The van der Waals surface area contributed by atoms with Gasteiger partial charge in [-0.1, -0.05) is 27.7 Å². The molecule has 0 aliphatic heterocycles. The van der Waals surface area contributed by atoms with E-state index in [2.05, 4.69) is 5.32 Å². The lowest BCUT2D eigenvalue weighted by molar-refractivity contribution is -0.154. The Bertz CT molecular complexity index is 454. The third-order valence-corrected chi connectivity index (χ3v) is 3.44. The SMILES string of the molecule is COC(=O)[C@H](C(C)C)N(C)C(=O)C(NC(=O)OC(C)(C)C)C(C)C. The summed E-state index contributed by atoms with van der Waals surface area (Å²) < 4.78 is 10.00. The number of nitrogens with zero attached hydrogens (tertiary/aromatic N) is 1. The molecule has 0 heterocycles. The van der Waals surface area contributed by atoms with Crippen LogP contribution < -0.4 is 5.32 Å². The molecule has 0 saturated heterocycles. The molecule has 7 heteroatoms. The van der Waals surface area contributed by atoms with Crippen LogP contribution >= 0.6 is 0 Å². The van der Waals surface area contributed by atoms with E-state index < -0.39 is 29.7 Å². The van der Waals surface area contributed by atoms with Gasteiger partial charge in [0.15, 0.2) is 0 Å². The highest BCUT2D eigenvalue weighted by atomic mass is 16.6. The van der Waals surface area contributed by atoms with Crippen molar-refractivity contribution in [3.05, 3.63) is 0 Å². The third-order valence-electron chi connectivity index (χ3n) is 3.44. The van der Waals surface area contributed by atoms with E-state index in [0.717, 1.165) is 0 Å². The van der Waals surface area contributed by atoms with E-state index in [9.17, 15) is 14.4 Å². The number of rotatable bonds is 6. The molecule has 0 aliphatic rings. The molecule has 7 nitrogen and oxygen atoms in total. The first kappa shape index (κ1) is 22.2. The predicted octanol–water partition coefficient (Wildman–Crippen LogP) is 2.19. The average Bonchev–Trinajstić information content (AvgIpc) is 2.41. The molecular weight excluding hydrogens is 312 g/mol. The zero-order valence-electron chi connectivity index (χ0n) is 16.3. The Kier molecular flexibility index (Phi) is 8.23. The fraction of sp³-hybridized carbons (Fsp3) is 0.824. The maximum atomic E-state index is 12.8. The summed E-state index contributed by atoms with van der Waals surface area (Å²) in [4.78, 5) is 38.1. The van der Waals surface area contributed by atoms with Crippen molar-refractivity contribution in [2.45, 2.75) is 66.2 Å². The van der Waals surface area contributed by atoms with Crippen molar-refractivity contribution in [2.75, 3.05) is 14.2 Å². The molecule has 0 aliphatic carbocycles. The van der Waals surface area contributed by atoms with Gasteiger partial charge >= 0.3 is 12.1 Å². The van der Waals surface area contributed by atoms with Gasteiger partial charge in [0, 0.05) is 7.05 Å². The number of carbonyl (C=O) groups is 3. The minimum Gasteiger partial charge on any atom is -0.467 e. The first-order valence-corrected chi connectivity index (χ1v) is 8.15. The van der Waals surface area contributed by atoms with Crippen molar-refractivity contribution in [3.63, 3.8) is 0 Å². The lowest BCUT2D eigenvalue weighted by Gasteiger charge is -2.33. The molecule has 2 amide bonds. The van der Waals surface area contributed by atoms with Crippen LogP contribution in [-0.2, 0) is 19.1 Å². The summed E-state index contributed by atoms with van der Waals surface area (Å²) in [5.41, 5.74) is -0.660. The summed E-state index contributed by atoms with van der Waals surface area (Å²) in [5.74, 6) is -1.14. The smallest absolute Gasteiger partial charge is 0.408 e. The maximum absolute atomic E-state index is 12.8. The monoisotopic (exact) mass is 344 g/mol. The van der Waals surface area contributed by atoms with E-state index in [1.54, 1.807) is 20.8 Å². The van der Waals surface area contributed by atoms with E-state index in [1.807, 2.05) is 27.7 Å². The highest BCUT2D eigenvalue weighted by Crippen LogP contribution is 2.16. The Hall–Kier alpha value is -1.79. The summed E-state index contributed by atoms with van der Waals surface area (Å²) in [6.45, 7) is 12.5. The molecule has 0 radical (unpaired) electrons. The average molecular weight is 344 g/mol. The van der Waals surface area contributed by atoms with Gasteiger partial charge in [-0.2, -0.15) is 0 Å². The molecule has 0 saturated carbocycles. The molecule has 24 heavy (non-hydrogen) atoms. The first-order valence-electron chi connectivity index (χ1n) is 8.15. The van der Waals surface area contributed by atoms with E-state index in [1.165, 1.54) is 19.1 Å². The number of carbonyl (C=O) groups excluding carboxylic acids is 3. The fourth-order valence-corrected chi connectivity index (χ4v) is 2.30. The van der Waals surface area contributed by atoms with Crippen LogP contribution in [0.3, 0.4) is 0 Å². The molecule has 0 aromatic rings. The van der Waals surface area contributed by atoms with Crippen LogP contribution in [0.15, 0.2) is 0 Å². The Labute approximate surface area is 145 Å². The second-order valence-corrected chi connectivity index (χ2v) is 7.53.